The number of hydrogen-bond acceptors (Lipinski definition) is 3. The van der Waals surface area contributed by atoms with Crippen molar-refractivity contribution in [2.75, 3.05) is 17.6 Å². The summed E-state index contributed by atoms with van der Waals surface area (Å²) in [6.07, 6.45) is 0.570. The van der Waals surface area contributed by atoms with Crippen LogP contribution in [0, 0.1) is 0 Å². The van der Waals surface area contributed by atoms with Gasteiger partial charge in [-0.2, -0.15) is 0 Å². The molecule has 0 spiro atoms. The minimum absolute atomic E-state index is 0.0952. The molecule has 0 heterocycles. The summed E-state index contributed by atoms with van der Waals surface area (Å²) in [5, 5.41) is 0.445. The summed E-state index contributed by atoms with van der Waals surface area (Å²) in [6.45, 7) is 1.81. The maximum Gasteiger partial charge on any atom is 0.232 e. The molecule has 0 fully saturated rings. The third-order valence-corrected chi connectivity index (χ3v) is 3.70. The Hall–Kier alpha value is -0.940. The Labute approximate surface area is 101 Å². The second-order valence-electron chi connectivity index (χ2n) is 3.27. The molecule has 0 amide bonds. The monoisotopic (exact) mass is 263 g/mol. The first-order valence-electron chi connectivity index (χ1n) is 4.82. The van der Waals surface area contributed by atoms with E-state index in [1.807, 2.05) is 6.92 Å². The molecule has 0 saturated carbocycles. The van der Waals surface area contributed by atoms with E-state index in [4.69, 9.17) is 16.3 Å². The van der Waals surface area contributed by atoms with Gasteiger partial charge in [0.05, 0.1) is 23.6 Å². The van der Waals surface area contributed by atoms with Crippen LogP contribution < -0.4 is 9.46 Å². The number of anilines is 1. The van der Waals surface area contributed by atoms with E-state index in [-0.39, 0.29) is 5.75 Å². The van der Waals surface area contributed by atoms with Crippen LogP contribution in [0.25, 0.3) is 0 Å². The van der Waals surface area contributed by atoms with Gasteiger partial charge >= 0.3 is 0 Å². The molecule has 4 nitrogen and oxygen atoms in total. The number of ether oxygens (including phenoxy) is 1. The molecule has 90 valence electrons. The SMILES string of the molecule is CCCS(=O)(=O)Nc1ccc(Cl)c(OC)c1. The van der Waals surface area contributed by atoms with Gasteiger partial charge in [-0.3, -0.25) is 4.72 Å². The highest BCUT2D eigenvalue weighted by molar-refractivity contribution is 7.92. The molecule has 0 saturated heterocycles. The molecule has 1 N–H and O–H groups in total. The van der Waals surface area contributed by atoms with Crippen LogP contribution >= 0.6 is 11.6 Å². The van der Waals surface area contributed by atoms with Gasteiger partial charge in [-0.25, -0.2) is 8.42 Å². The van der Waals surface area contributed by atoms with Crippen molar-refractivity contribution in [1.82, 2.24) is 0 Å². The van der Waals surface area contributed by atoms with E-state index in [0.29, 0.717) is 22.9 Å². The van der Waals surface area contributed by atoms with Crippen LogP contribution in [0.15, 0.2) is 18.2 Å². The van der Waals surface area contributed by atoms with Crippen LogP contribution in [-0.4, -0.2) is 21.3 Å². The number of methoxy groups -OCH3 is 1. The van der Waals surface area contributed by atoms with Crippen molar-refractivity contribution in [2.24, 2.45) is 0 Å². The molecule has 0 aliphatic rings. The Morgan fingerprint density at radius 3 is 2.69 bits per heavy atom. The van der Waals surface area contributed by atoms with Crippen molar-refractivity contribution < 1.29 is 13.2 Å². The third kappa shape index (κ3) is 3.57. The van der Waals surface area contributed by atoms with E-state index in [9.17, 15) is 8.42 Å². The normalized spacial score (nSPS) is 11.2. The van der Waals surface area contributed by atoms with Gasteiger partial charge in [0.15, 0.2) is 0 Å². The van der Waals surface area contributed by atoms with E-state index in [2.05, 4.69) is 4.72 Å². The molecule has 0 bridgehead atoms. The van der Waals surface area contributed by atoms with Crippen LogP contribution in [-0.2, 0) is 10.0 Å². The highest BCUT2D eigenvalue weighted by Gasteiger charge is 2.10. The quantitative estimate of drug-likeness (QED) is 0.888. The zero-order valence-corrected chi connectivity index (χ0v) is 10.7. The molecule has 0 aliphatic carbocycles. The van der Waals surface area contributed by atoms with Gasteiger partial charge in [0.25, 0.3) is 0 Å². The maximum atomic E-state index is 11.5. The topological polar surface area (TPSA) is 55.4 Å². The first-order valence-corrected chi connectivity index (χ1v) is 6.85. The highest BCUT2D eigenvalue weighted by Crippen LogP contribution is 2.27. The van der Waals surface area contributed by atoms with Crippen molar-refractivity contribution in [1.29, 1.82) is 0 Å². The standard InChI is InChI=1S/C10H14ClNO3S/c1-3-6-16(13,14)12-8-4-5-9(11)10(7-8)15-2/h4-5,7,12H,3,6H2,1-2H3. The predicted molar refractivity (Wildman–Crippen MR) is 65.7 cm³/mol. The third-order valence-electron chi connectivity index (χ3n) is 1.90. The fourth-order valence-electron chi connectivity index (χ4n) is 1.22. The average Bonchev–Trinajstić information content (AvgIpc) is 2.20. The second kappa shape index (κ2) is 5.41. The molecular formula is C10H14ClNO3S. The van der Waals surface area contributed by atoms with Crippen molar-refractivity contribution >= 4 is 27.3 Å². The van der Waals surface area contributed by atoms with Gasteiger partial charge in [-0.15, -0.1) is 0 Å². The minimum Gasteiger partial charge on any atom is -0.495 e. The Kier molecular flexibility index (Phi) is 4.44. The lowest BCUT2D eigenvalue weighted by Crippen LogP contribution is -2.16. The average molecular weight is 264 g/mol. The Bertz CT molecular complexity index is 459. The molecule has 0 atom stereocenters. The van der Waals surface area contributed by atoms with Gasteiger partial charge in [-0.05, 0) is 18.6 Å². The predicted octanol–water partition coefficient (Wildman–Crippen LogP) is 2.50. The van der Waals surface area contributed by atoms with Crippen LogP contribution in [0.5, 0.6) is 5.75 Å². The van der Waals surface area contributed by atoms with Crippen molar-refractivity contribution in [3.8, 4) is 5.75 Å². The Morgan fingerprint density at radius 2 is 2.12 bits per heavy atom. The molecule has 0 aliphatic heterocycles. The van der Waals surface area contributed by atoms with E-state index in [1.54, 1.807) is 18.2 Å². The fourth-order valence-corrected chi connectivity index (χ4v) is 2.54. The van der Waals surface area contributed by atoms with E-state index >= 15 is 0 Å². The molecule has 0 radical (unpaired) electrons. The molecule has 1 aromatic rings. The van der Waals surface area contributed by atoms with Crippen molar-refractivity contribution in [3.05, 3.63) is 23.2 Å². The number of benzene rings is 1. The molecule has 1 rings (SSSR count). The maximum absolute atomic E-state index is 11.5. The summed E-state index contributed by atoms with van der Waals surface area (Å²) in [4.78, 5) is 0. The number of sulfonamides is 1. The summed E-state index contributed by atoms with van der Waals surface area (Å²) >= 11 is 5.83. The first kappa shape index (κ1) is 13.1. The first-order chi connectivity index (χ1) is 7.48. The van der Waals surface area contributed by atoms with E-state index in [0.717, 1.165) is 0 Å². The van der Waals surface area contributed by atoms with Crippen molar-refractivity contribution in [3.63, 3.8) is 0 Å². The van der Waals surface area contributed by atoms with Crippen LogP contribution in [0.2, 0.25) is 5.02 Å². The number of hydrogen-bond donors (Lipinski definition) is 1. The van der Waals surface area contributed by atoms with Crippen LogP contribution in [0.3, 0.4) is 0 Å². The zero-order chi connectivity index (χ0) is 12.2. The molecule has 0 unspecified atom stereocenters. The lowest BCUT2D eigenvalue weighted by molar-refractivity contribution is 0.415. The van der Waals surface area contributed by atoms with Gasteiger partial charge in [0, 0.05) is 6.07 Å². The zero-order valence-electron chi connectivity index (χ0n) is 9.16. The Balaban J connectivity index is 2.90. The van der Waals surface area contributed by atoms with E-state index < -0.39 is 10.0 Å². The summed E-state index contributed by atoms with van der Waals surface area (Å²) in [5.41, 5.74) is 0.453. The summed E-state index contributed by atoms with van der Waals surface area (Å²) in [5.74, 6) is 0.538. The smallest absolute Gasteiger partial charge is 0.232 e. The molecule has 6 heteroatoms. The molecular weight excluding hydrogens is 250 g/mol. The summed E-state index contributed by atoms with van der Waals surface area (Å²) < 4.78 is 30.4. The summed E-state index contributed by atoms with van der Waals surface area (Å²) in [6, 6.07) is 4.73. The molecule has 16 heavy (non-hydrogen) atoms. The number of nitrogens with one attached hydrogen (secondary N) is 1. The lowest BCUT2D eigenvalue weighted by Gasteiger charge is -2.09. The molecule has 0 aromatic heterocycles. The lowest BCUT2D eigenvalue weighted by atomic mass is 10.3. The fraction of sp³-hybridized carbons (Fsp3) is 0.400. The van der Waals surface area contributed by atoms with E-state index in [1.165, 1.54) is 7.11 Å². The van der Waals surface area contributed by atoms with Crippen LogP contribution in [0.4, 0.5) is 5.69 Å². The number of rotatable bonds is 5. The summed E-state index contributed by atoms with van der Waals surface area (Å²) in [7, 11) is -1.79. The largest absolute Gasteiger partial charge is 0.495 e. The van der Waals surface area contributed by atoms with Crippen molar-refractivity contribution in [2.45, 2.75) is 13.3 Å². The van der Waals surface area contributed by atoms with Gasteiger partial charge in [0.2, 0.25) is 10.0 Å². The van der Waals surface area contributed by atoms with Gasteiger partial charge in [-0.1, -0.05) is 18.5 Å². The Morgan fingerprint density at radius 1 is 1.44 bits per heavy atom. The van der Waals surface area contributed by atoms with Crippen LogP contribution in [0.1, 0.15) is 13.3 Å². The van der Waals surface area contributed by atoms with Gasteiger partial charge in [0.1, 0.15) is 5.75 Å². The second-order valence-corrected chi connectivity index (χ2v) is 5.52. The number of halogens is 1. The minimum atomic E-state index is -3.27. The highest BCUT2D eigenvalue weighted by atomic mass is 35.5. The van der Waals surface area contributed by atoms with Gasteiger partial charge < -0.3 is 4.74 Å². The molecule has 1 aromatic carbocycles.